The maximum Gasteiger partial charge on any atom is 0.247 e. The van der Waals surface area contributed by atoms with Gasteiger partial charge in [-0.15, -0.1) is 10.2 Å². The molecule has 0 aliphatic carbocycles. The van der Waals surface area contributed by atoms with Gasteiger partial charge in [-0.1, -0.05) is 32.0 Å². The first-order chi connectivity index (χ1) is 12.9. The summed E-state index contributed by atoms with van der Waals surface area (Å²) in [6.07, 6.45) is 0. The molecule has 0 saturated carbocycles. The van der Waals surface area contributed by atoms with Gasteiger partial charge in [-0.05, 0) is 41.8 Å². The zero-order valence-corrected chi connectivity index (χ0v) is 16.2. The standard InChI is InChI=1S/C19H21N3O4S/c1-13(2)14-7-9-17(10-8-14)27(23,24)20-12-18-21-22-19(26-18)15-5-4-6-16(11-15)25-3/h4-11,13,20H,12H2,1-3H3. The molecule has 0 radical (unpaired) electrons. The summed E-state index contributed by atoms with van der Waals surface area (Å²) < 4.78 is 38.0. The first kappa shape index (κ1) is 19.1. The van der Waals surface area contributed by atoms with E-state index >= 15 is 0 Å². The molecule has 7 nitrogen and oxygen atoms in total. The van der Waals surface area contributed by atoms with Gasteiger partial charge in [0.05, 0.1) is 18.6 Å². The van der Waals surface area contributed by atoms with Crippen LogP contribution in [0.5, 0.6) is 5.75 Å². The third-order valence-electron chi connectivity index (χ3n) is 4.05. The Morgan fingerprint density at radius 3 is 2.52 bits per heavy atom. The van der Waals surface area contributed by atoms with E-state index in [1.807, 2.05) is 18.2 Å². The fourth-order valence-electron chi connectivity index (χ4n) is 2.47. The Kier molecular flexibility index (Phi) is 5.57. The van der Waals surface area contributed by atoms with Crippen molar-refractivity contribution in [1.82, 2.24) is 14.9 Å². The molecular weight excluding hydrogens is 366 g/mol. The molecule has 0 atom stereocenters. The monoisotopic (exact) mass is 387 g/mol. The summed E-state index contributed by atoms with van der Waals surface area (Å²) in [4.78, 5) is 0.194. The van der Waals surface area contributed by atoms with Crippen LogP contribution in [-0.4, -0.2) is 25.7 Å². The van der Waals surface area contributed by atoms with Gasteiger partial charge >= 0.3 is 0 Å². The number of ether oxygens (including phenoxy) is 1. The van der Waals surface area contributed by atoms with Crippen molar-refractivity contribution in [1.29, 1.82) is 0 Å². The fourth-order valence-corrected chi connectivity index (χ4v) is 3.44. The van der Waals surface area contributed by atoms with Gasteiger partial charge in [-0.3, -0.25) is 0 Å². The highest BCUT2D eigenvalue weighted by Crippen LogP contribution is 2.23. The minimum absolute atomic E-state index is 0.0920. The Labute approximate surface area is 158 Å². The number of nitrogens with one attached hydrogen (secondary N) is 1. The summed E-state index contributed by atoms with van der Waals surface area (Å²) in [5.41, 5.74) is 1.77. The lowest BCUT2D eigenvalue weighted by atomic mass is 10.0. The third kappa shape index (κ3) is 4.53. The van der Waals surface area contributed by atoms with Crippen LogP contribution < -0.4 is 9.46 Å². The van der Waals surface area contributed by atoms with Crippen LogP contribution in [-0.2, 0) is 16.6 Å². The summed E-state index contributed by atoms with van der Waals surface area (Å²) >= 11 is 0. The molecule has 0 bridgehead atoms. The summed E-state index contributed by atoms with van der Waals surface area (Å²) in [5, 5.41) is 7.86. The van der Waals surface area contributed by atoms with Gasteiger partial charge in [-0.25, -0.2) is 13.1 Å². The van der Waals surface area contributed by atoms with Crippen LogP contribution in [0.25, 0.3) is 11.5 Å². The van der Waals surface area contributed by atoms with E-state index in [1.54, 1.807) is 37.4 Å². The van der Waals surface area contributed by atoms with Crippen LogP contribution in [0.2, 0.25) is 0 Å². The Morgan fingerprint density at radius 2 is 1.85 bits per heavy atom. The number of aromatic nitrogens is 2. The Bertz CT molecular complexity index is 1010. The molecule has 0 aliphatic rings. The summed E-state index contributed by atoms with van der Waals surface area (Å²) in [5.74, 6) is 1.47. The van der Waals surface area contributed by atoms with Crippen LogP contribution in [0.3, 0.4) is 0 Å². The van der Waals surface area contributed by atoms with E-state index in [-0.39, 0.29) is 17.3 Å². The predicted octanol–water partition coefficient (Wildman–Crippen LogP) is 3.35. The first-order valence-corrected chi connectivity index (χ1v) is 9.94. The van der Waals surface area contributed by atoms with E-state index in [2.05, 4.69) is 28.8 Å². The molecule has 0 unspecified atom stereocenters. The normalized spacial score (nSPS) is 11.7. The predicted molar refractivity (Wildman–Crippen MR) is 101 cm³/mol. The van der Waals surface area contributed by atoms with Gasteiger partial charge in [-0.2, -0.15) is 0 Å². The molecule has 0 fully saturated rings. The van der Waals surface area contributed by atoms with Crippen molar-refractivity contribution < 1.29 is 17.6 Å². The Hall–Kier alpha value is -2.71. The van der Waals surface area contributed by atoms with Crippen molar-refractivity contribution in [3.05, 3.63) is 60.0 Å². The molecule has 142 valence electrons. The number of nitrogens with zero attached hydrogens (tertiary/aromatic N) is 2. The van der Waals surface area contributed by atoms with Crippen molar-refractivity contribution in [3.63, 3.8) is 0 Å². The van der Waals surface area contributed by atoms with Crippen LogP contribution in [0.4, 0.5) is 0 Å². The van der Waals surface area contributed by atoms with Crippen molar-refractivity contribution in [2.45, 2.75) is 31.2 Å². The average molecular weight is 387 g/mol. The summed E-state index contributed by atoms with van der Waals surface area (Å²) in [7, 11) is -2.09. The van der Waals surface area contributed by atoms with E-state index in [9.17, 15) is 8.42 Å². The smallest absolute Gasteiger partial charge is 0.247 e. The SMILES string of the molecule is COc1cccc(-c2nnc(CNS(=O)(=O)c3ccc(C(C)C)cc3)o2)c1. The second-order valence-corrected chi connectivity index (χ2v) is 8.05. The highest BCUT2D eigenvalue weighted by Gasteiger charge is 2.16. The Morgan fingerprint density at radius 1 is 1.11 bits per heavy atom. The minimum atomic E-state index is -3.66. The lowest BCUT2D eigenvalue weighted by Gasteiger charge is -2.08. The number of sulfonamides is 1. The third-order valence-corrected chi connectivity index (χ3v) is 5.47. The maximum absolute atomic E-state index is 12.4. The summed E-state index contributed by atoms with van der Waals surface area (Å²) in [6.45, 7) is 4.01. The second-order valence-electron chi connectivity index (χ2n) is 6.28. The molecule has 0 amide bonds. The quantitative estimate of drug-likeness (QED) is 0.668. The lowest BCUT2D eigenvalue weighted by Crippen LogP contribution is -2.23. The second kappa shape index (κ2) is 7.89. The highest BCUT2D eigenvalue weighted by molar-refractivity contribution is 7.89. The van der Waals surface area contributed by atoms with Gasteiger partial charge in [0.2, 0.25) is 21.8 Å². The lowest BCUT2D eigenvalue weighted by molar-refractivity contribution is 0.414. The minimum Gasteiger partial charge on any atom is -0.497 e. The topological polar surface area (TPSA) is 94.3 Å². The molecule has 0 spiro atoms. The maximum atomic E-state index is 12.4. The number of benzene rings is 2. The molecule has 3 aromatic rings. The van der Waals surface area contributed by atoms with Gasteiger partial charge in [0, 0.05) is 5.56 Å². The molecule has 8 heteroatoms. The molecule has 1 N–H and O–H groups in total. The van der Waals surface area contributed by atoms with E-state index in [4.69, 9.17) is 9.15 Å². The molecule has 3 rings (SSSR count). The van der Waals surface area contributed by atoms with Crippen LogP contribution in [0.15, 0.2) is 57.8 Å². The zero-order chi connectivity index (χ0) is 19.4. The largest absolute Gasteiger partial charge is 0.497 e. The van der Waals surface area contributed by atoms with E-state index in [0.717, 1.165) is 5.56 Å². The van der Waals surface area contributed by atoms with Crippen LogP contribution >= 0.6 is 0 Å². The highest BCUT2D eigenvalue weighted by atomic mass is 32.2. The molecule has 1 heterocycles. The van der Waals surface area contributed by atoms with Crippen LogP contribution in [0, 0.1) is 0 Å². The van der Waals surface area contributed by atoms with E-state index in [0.29, 0.717) is 23.1 Å². The molecule has 0 saturated heterocycles. The van der Waals surface area contributed by atoms with Gasteiger partial charge in [0.1, 0.15) is 5.75 Å². The van der Waals surface area contributed by atoms with Crippen LogP contribution in [0.1, 0.15) is 31.2 Å². The van der Waals surface area contributed by atoms with Crippen molar-refractivity contribution in [3.8, 4) is 17.2 Å². The zero-order valence-electron chi connectivity index (χ0n) is 15.3. The van der Waals surface area contributed by atoms with Gasteiger partial charge in [0.25, 0.3) is 0 Å². The van der Waals surface area contributed by atoms with Crippen molar-refractivity contribution >= 4 is 10.0 Å². The number of rotatable bonds is 7. The number of hydrogen-bond acceptors (Lipinski definition) is 6. The van der Waals surface area contributed by atoms with E-state index < -0.39 is 10.0 Å². The summed E-state index contributed by atoms with van der Waals surface area (Å²) in [6, 6.07) is 14.0. The Balaban J connectivity index is 1.70. The molecule has 1 aromatic heterocycles. The van der Waals surface area contributed by atoms with Gasteiger partial charge < -0.3 is 9.15 Å². The molecule has 0 aliphatic heterocycles. The number of hydrogen-bond donors (Lipinski definition) is 1. The fraction of sp³-hybridized carbons (Fsp3) is 0.263. The van der Waals surface area contributed by atoms with Gasteiger partial charge in [0.15, 0.2) is 0 Å². The first-order valence-electron chi connectivity index (χ1n) is 8.45. The van der Waals surface area contributed by atoms with Crippen molar-refractivity contribution in [2.24, 2.45) is 0 Å². The average Bonchev–Trinajstić information content (AvgIpc) is 3.16. The number of methoxy groups -OCH3 is 1. The molecule has 2 aromatic carbocycles. The molecule has 27 heavy (non-hydrogen) atoms. The van der Waals surface area contributed by atoms with E-state index in [1.165, 1.54) is 0 Å². The molecular formula is C19H21N3O4S. The van der Waals surface area contributed by atoms with Crippen molar-refractivity contribution in [2.75, 3.05) is 7.11 Å².